The molecule has 2 aliphatic rings. The van der Waals surface area contributed by atoms with Crippen LogP contribution < -0.4 is 0 Å². The van der Waals surface area contributed by atoms with Gasteiger partial charge in [0.15, 0.2) is 0 Å². The van der Waals surface area contributed by atoms with Gasteiger partial charge in [-0.1, -0.05) is 18.0 Å². The second-order valence-corrected chi connectivity index (χ2v) is 7.47. The van der Waals surface area contributed by atoms with Crippen molar-refractivity contribution < 1.29 is 4.79 Å². The molecule has 0 N–H and O–H groups in total. The van der Waals surface area contributed by atoms with Crippen molar-refractivity contribution >= 4 is 17.5 Å². The maximum atomic E-state index is 12.8. The zero-order chi connectivity index (χ0) is 17.2. The average molecular weight is 359 g/mol. The van der Waals surface area contributed by atoms with Crippen LogP contribution >= 0.6 is 11.6 Å². The topological polar surface area (TPSA) is 51.0 Å². The van der Waals surface area contributed by atoms with Gasteiger partial charge in [-0.05, 0) is 49.9 Å². The molecule has 1 aromatic heterocycles. The van der Waals surface area contributed by atoms with Gasteiger partial charge in [0, 0.05) is 42.6 Å². The first-order valence-corrected chi connectivity index (χ1v) is 9.57. The van der Waals surface area contributed by atoms with E-state index in [4.69, 9.17) is 11.6 Å². The number of nitrogens with zero attached hydrogens (tertiary/aromatic N) is 4. The lowest BCUT2D eigenvalue weighted by molar-refractivity contribution is 0.0703. The van der Waals surface area contributed by atoms with Gasteiger partial charge in [-0.15, -0.1) is 10.2 Å². The maximum absolute atomic E-state index is 12.8. The van der Waals surface area contributed by atoms with E-state index in [0.29, 0.717) is 10.6 Å². The van der Waals surface area contributed by atoms with Gasteiger partial charge in [0.2, 0.25) is 0 Å². The number of halogens is 1. The monoisotopic (exact) mass is 358 g/mol. The molecule has 1 unspecified atom stereocenters. The molecule has 5 nitrogen and oxygen atoms in total. The van der Waals surface area contributed by atoms with Crippen molar-refractivity contribution in [2.45, 2.75) is 51.0 Å². The quantitative estimate of drug-likeness (QED) is 0.822. The van der Waals surface area contributed by atoms with Gasteiger partial charge in [-0.3, -0.25) is 4.79 Å². The highest BCUT2D eigenvalue weighted by molar-refractivity contribution is 6.30. The van der Waals surface area contributed by atoms with Crippen LogP contribution in [0.2, 0.25) is 5.02 Å². The third kappa shape index (κ3) is 3.43. The van der Waals surface area contributed by atoms with Gasteiger partial charge < -0.3 is 9.47 Å². The zero-order valence-corrected chi connectivity index (χ0v) is 15.1. The average Bonchev–Trinajstić information content (AvgIpc) is 2.90. The number of aryl methyl sites for hydroxylation is 1. The predicted octanol–water partition coefficient (Wildman–Crippen LogP) is 3.68. The molecule has 0 saturated carbocycles. The molecule has 3 heterocycles. The normalized spacial score (nSPS) is 20.8. The molecule has 2 aliphatic heterocycles. The second-order valence-electron chi connectivity index (χ2n) is 7.03. The number of rotatable bonds is 2. The molecular weight excluding hydrogens is 336 g/mol. The molecule has 1 atom stereocenters. The summed E-state index contributed by atoms with van der Waals surface area (Å²) in [4.78, 5) is 14.8. The Morgan fingerprint density at radius 1 is 1.04 bits per heavy atom. The minimum absolute atomic E-state index is 0.0805. The van der Waals surface area contributed by atoms with E-state index in [9.17, 15) is 4.79 Å². The molecular formula is C19H23ClN4O. The second kappa shape index (κ2) is 7.16. The minimum Gasteiger partial charge on any atom is -0.338 e. The molecule has 132 valence electrons. The summed E-state index contributed by atoms with van der Waals surface area (Å²) in [6.07, 6.45) is 6.75. The van der Waals surface area contributed by atoms with Crippen molar-refractivity contribution in [3.05, 3.63) is 46.5 Å². The van der Waals surface area contributed by atoms with E-state index in [2.05, 4.69) is 14.8 Å². The van der Waals surface area contributed by atoms with Crippen LogP contribution in [-0.2, 0) is 13.0 Å². The number of fused-ring (bicyclic) bond motifs is 1. The number of aromatic nitrogens is 3. The van der Waals surface area contributed by atoms with Gasteiger partial charge in [-0.25, -0.2) is 0 Å². The van der Waals surface area contributed by atoms with Gasteiger partial charge in [-0.2, -0.15) is 0 Å². The lowest BCUT2D eigenvalue weighted by Gasteiger charge is -2.32. The van der Waals surface area contributed by atoms with E-state index in [-0.39, 0.29) is 11.8 Å². The largest absolute Gasteiger partial charge is 0.338 e. The summed E-state index contributed by atoms with van der Waals surface area (Å²) >= 11 is 5.93. The van der Waals surface area contributed by atoms with Gasteiger partial charge in [0.25, 0.3) is 5.91 Å². The number of piperidine rings is 1. The van der Waals surface area contributed by atoms with E-state index in [1.54, 1.807) is 24.3 Å². The third-order valence-electron chi connectivity index (χ3n) is 5.30. The highest BCUT2D eigenvalue weighted by atomic mass is 35.5. The van der Waals surface area contributed by atoms with Crippen molar-refractivity contribution in [2.24, 2.45) is 0 Å². The SMILES string of the molecule is O=C(c1ccc(Cl)cc1)N1CCCC(c2nnc3n2CCCCC3)C1. The van der Waals surface area contributed by atoms with Crippen LogP contribution in [0.15, 0.2) is 24.3 Å². The van der Waals surface area contributed by atoms with Crippen LogP contribution in [0.3, 0.4) is 0 Å². The third-order valence-corrected chi connectivity index (χ3v) is 5.56. The van der Waals surface area contributed by atoms with E-state index in [0.717, 1.165) is 50.5 Å². The van der Waals surface area contributed by atoms with Gasteiger partial charge in [0.1, 0.15) is 11.6 Å². The van der Waals surface area contributed by atoms with Crippen LogP contribution in [-0.4, -0.2) is 38.7 Å². The number of hydrogen-bond donors (Lipinski definition) is 0. The molecule has 25 heavy (non-hydrogen) atoms. The highest BCUT2D eigenvalue weighted by Crippen LogP contribution is 2.28. The number of hydrogen-bond acceptors (Lipinski definition) is 3. The molecule has 0 radical (unpaired) electrons. The molecule has 1 fully saturated rings. The van der Waals surface area contributed by atoms with E-state index < -0.39 is 0 Å². The number of likely N-dealkylation sites (tertiary alicyclic amines) is 1. The Morgan fingerprint density at radius 2 is 1.88 bits per heavy atom. The smallest absolute Gasteiger partial charge is 0.253 e. The summed E-state index contributed by atoms with van der Waals surface area (Å²) in [5, 5.41) is 9.58. The fourth-order valence-corrected chi connectivity index (χ4v) is 4.08. The Morgan fingerprint density at radius 3 is 2.72 bits per heavy atom. The Hall–Kier alpha value is -1.88. The van der Waals surface area contributed by atoms with E-state index >= 15 is 0 Å². The van der Waals surface area contributed by atoms with Crippen molar-refractivity contribution in [3.8, 4) is 0 Å². The summed E-state index contributed by atoms with van der Waals surface area (Å²) in [7, 11) is 0. The summed E-state index contributed by atoms with van der Waals surface area (Å²) < 4.78 is 2.31. The number of amides is 1. The van der Waals surface area contributed by atoms with Crippen LogP contribution in [0, 0.1) is 0 Å². The van der Waals surface area contributed by atoms with Crippen LogP contribution in [0.4, 0.5) is 0 Å². The van der Waals surface area contributed by atoms with E-state index in [1.807, 2.05) is 4.90 Å². The number of carbonyl (C=O) groups excluding carboxylic acids is 1. The Balaban J connectivity index is 1.52. The lowest BCUT2D eigenvalue weighted by Crippen LogP contribution is -2.39. The fourth-order valence-electron chi connectivity index (χ4n) is 3.96. The van der Waals surface area contributed by atoms with Crippen molar-refractivity contribution in [2.75, 3.05) is 13.1 Å². The Kier molecular flexibility index (Phi) is 4.75. The number of carbonyl (C=O) groups is 1. The predicted molar refractivity (Wildman–Crippen MR) is 96.9 cm³/mol. The molecule has 4 rings (SSSR count). The molecule has 0 aliphatic carbocycles. The standard InChI is InChI=1S/C19H23ClN4O/c20-16-9-7-14(8-10-16)19(25)23-11-4-5-15(13-23)18-22-21-17-6-2-1-3-12-24(17)18/h7-10,15H,1-6,11-13H2. The van der Waals surface area contributed by atoms with E-state index in [1.165, 1.54) is 19.3 Å². The van der Waals surface area contributed by atoms with Crippen molar-refractivity contribution in [1.29, 1.82) is 0 Å². The van der Waals surface area contributed by atoms with Gasteiger partial charge >= 0.3 is 0 Å². The first-order chi connectivity index (χ1) is 12.2. The molecule has 1 aromatic carbocycles. The van der Waals surface area contributed by atoms with Crippen molar-refractivity contribution in [3.63, 3.8) is 0 Å². The first kappa shape index (κ1) is 16.6. The Labute approximate surface area is 153 Å². The molecule has 1 amide bonds. The summed E-state index contributed by atoms with van der Waals surface area (Å²) in [6.45, 7) is 2.54. The lowest BCUT2D eigenvalue weighted by atomic mass is 9.96. The molecule has 2 aromatic rings. The van der Waals surface area contributed by atoms with Crippen LogP contribution in [0.5, 0.6) is 0 Å². The Bertz CT molecular complexity index is 755. The zero-order valence-electron chi connectivity index (χ0n) is 14.3. The summed E-state index contributed by atoms with van der Waals surface area (Å²) in [5.74, 6) is 2.56. The highest BCUT2D eigenvalue weighted by Gasteiger charge is 2.29. The molecule has 1 saturated heterocycles. The molecule has 6 heteroatoms. The maximum Gasteiger partial charge on any atom is 0.253 e. The van der Waals surface area contributed by atoms with Crippen LogP contribution in [0.25, 0.3) is 0 Å². The fraction of sp³-hybridized carbons (Fsp3) is 0.526. The first-order valence-electron chi connectivity index (χ1n) is 9.19. The van der Waals surface area contributed by atoms with Gasteiger partial charge in [0.05, 0.1) is 0 Å². The summed E-state index contributed by atoms with van der Waals surface area (Å²) in [5.41, 5.74) is 0.699. The van der Waals surface area contributed by atoms with Crippen molar-refractivity contribution in [1.82, 2.24) is 19.7 Å². The minimum atomic E-state index is 0.0805. The number of benzene rings is 1. The molecule has 0 bridgehead atoms. The van der Waals surface area contributed by atoms with Crippen LogP contribution in [0.1, 0.15) is 60.0 Å². The summed E-state index contributed by atoms with van der Waals surface area (Å²) in [6, 6.07) is 7.15. The molecule has 0 spiro atoms.